The highest BCUT2D eigenvalue weighted by atomic mass is 16.5. The molecule has 112 valence electrons. The molecule has 20 heavy (non-hydrogen) atoms. The van der Waals surface area contributed by atoms with E-state index in [0.717, 1.165) is 18.2 Å². The monoisotopic (exact) mass is 276 g/mol. The average molecular weight is 276 g/mol. The molecule has 0 aliphatic heterocycles. The highest BCUT2D eigenvalue weighted by Gasteiger charge is 2.28. The molecular formula is C17H28N2O. The van der Waals surface area contributed by atoms with Gasteiger partial charge in [0.2, 0.25) is 0 Å². The third-order valence-corrected chi connectivity index (χ3v) is 4.73. The first-order valence-electron chi connectivity index (χ1n) is 7.74. The first-order chi connectivity index (χ1) is 9.63. The van der Waals surface area contributed by atoms with Gasteiger partial charge in [0.15, 0.2) is 0 Å². The van der Waals surface area contributed by atoms with E-state index in [0.29, 0.717) is 12.0 Å². The maximum Gasteiger partial charge on any atom is 0.120 e. The summed E-state index contributed by atoms with van der Waals surface area (Å²) in [6.45, 7) is 3.33. The van der Waals surface area contributed by atoms with Crippen LogP contribution >= 0.6 is 0 Å². The standard InChI is InChI=1S/C17H28N2O/c1-4-13-8-9-17(18)14(10-13)12-19(2)15-6-5-7-16(11-15)20-3/h5-7,11,13-14,17H,4,8-10,12,18H2,1-3H3. The predicted molar refractivity (Wildman–Crippen MR) is 85.4 cm³/mol. The summed E-state index contributed by atoms with van der Waals surface area (Å²) in [5.41, 5.74) is 7.53. The minimum atomic E-state index is 0.353. The van der Waals surface area contributed by atoms with Gasteiger partial charge >= 0.3 is 0 Å². The molecule has 0 bridgehead atoms. The minimum Gasteiger partial charge on any atom is -0.497 e. The van der Waals surface area contributed by atoms with Crippen LogP contribution in [0.2, 0.25) is 0 Å². The zero-order valence-electron chi connectivity index (χ0n) is 13.0. The quantitative estimate of drug-likeness (QED) is 0.897. The van der Waals surface area contributed by atoms with Gasteiger partial charge in [-0.1, -0.05) is 19.4 Å². The minimum absolute atomic E-state index is 0.353. The van der Waals surface area contributed by atoms with E-state index in [1.54, 1.807) is 7.11 Å². The molecule has 2 N–H and O–H groups in total. The van der Waals surface area contributed by atoms with E-state index < -0.39 is 0 Å². The van der Waals surface area contributed by atoms with Crippen molar-refractivity contribution < 1.29 is 4.74 Å². The summed E-state index contributed by atoms with van der Waals surface area (Å²) >= 11 is 0. The fraction of sp³-hybridized carbons (Fsp3) is 0.647. The number of methoxy groups -OCH3 is 1. The van der Waals surface area contributed by atoms with E-state index >= 15 is 0 Å². The van der Waals surface area contributed by atoms with Crippen LogP contribution in [0.4, 0.5) is 5.69 Å². The molecule has 1 saturated carbocycles. The van der Waals surface area contributed by atoms with Gasteiger partial charge in [-0.15, -0.1) is 0 Å². The third kappa shape index (κ3) is 3.66. The lowest BCUT2D eigenvalue weighted by molar-refractivity contribution is 0.232. The van der Waals surface area contributed by atoms with Gasteiger partial charge < -0.3 is 15.4 Å². The molecule has 1 fully saturated rings. The number of hydrogen-bond acceptors (Lipinski definition) is 3. The van der Waals surface area contributed by atoms with Gasteiger partial charge in [-0.2, -0.15) is 0 Å². The second-order valence-electron chi connectivity index (χ2n) is 6.09. The summed E-state index contributed by atoms with van der Waals surface area (Å²) in [4.78, 5) is 2.31. The smallest absolute Gasteiger partial charge is 0.120 e. The molecule has 0 saturated heterocycles. The van der Waals surface area contributed by atoms with E-state index in [2.05, 4.69) is 31.0 Å². The second kappa shape index (κ2) is 6.98. The van der Waals surface area contributed by atoms with Gasteiger partial charge in [0.05, 0.1) is 7.11 Å². The Morgan fingerprint density at radius 1 is 1.35 bits per heavy atom. The van der Waals surface area contributed by atoms with E-state index in [1.165, 1.54) is 31.4 Å². The first kappa shape index (κ1) is 15.2. The van der Waals surface area contributed by atoms with Gasteiger partial charge in [-0.3, -0.25) is 0 Å². The molecule has 3 nitrogen and oxygen atoms in total. The summed E-state index contributed by atoms with van der Waals surface area (Å²) in [5.74, 6) is 2.37. The van der Waals surface area contributed by atoms with Crippen molar-refractivity contribution in [2.75, 3.05) is 25.6 Å². The van der Waals surface area contributed by atoms with Crippen LogP contribution in [0.25, 0.3) is 0 Å². The van der Waals surface area contributed by atoms with E-state index in [1.807, 2.05) is 12.1 Å². The number of rotatable bonds is 5. The molecule has 0 aromatic heterocycles. The van der Waals surface area contributed by atoms with Crippen LogP contribution in [0.3, 0.4) is 0 Å². The van der Waals surface area contributed by atoms with Crippen molar-refractivity contribution in [2.24, 2.45) is 17.6 Å². The van der Waals surface area contributed by atoms with Crippen LogP contribution < -0.4 is 15.4 Å². The lowest BCUT2D eigenvalue weighted by Gasteiger charge is -2.36. The zero-order valence-corrected chi connectivity index (χ0v) is 13.0. The highest BCUT2D eigenvalue weighted by Crippen LogP contribution is 2.32. The molecule has 3 atom stereocenters. The largest absolute Gasteiger partial charge is 0.497 e. The van der Waals surface area contributed by atoms with Gasteiger partial charge in [-0.05, 0) is 43.2 Å². The Hall–Kier alpha value is -1.22. The molecule has 1 aromatic rings. The Kier molecular flexibility index (Phi) is 5.30. The predicted octanol–water partition coefficient (Wildman–Crippen LogP) is 3.29. The van der Waals surface area contributed by atoms with E-state index in [-0.39, 0.29) is 0 Å². The van der Waals surface area contributed by atoms with Crippen molar-refractivity contribution in [1.82, 2.24) is 0 Å². The SMILES string of the molecule is CCC1CCC(N)C(CN(C)c2cccc(OC)c2)C1. The number of nitrogens with two attached hydrogens (primary N) is 1. The normalized spacial score (nSPS) is 26.3. The molecule has 3 heteroatoms. The van der Waals surface area contributed by atoms with E-state index in [9.17, 15) is 0 Å². The van der Waals surface area contributed by atoms with Crippen LogP contribution in [-0.2, 0) is 0 Å². The summed E-state index contributed by atoms with van der Waals surface area (Å²) < 4.78 is 5.30. The number of benzene rings is 1. The molecule has 0 heterocycles. The molecule has 2 rings (SSSR count). The molecule has 1 aliphatic rings. The maximum atomic E-state index is 6.33. The Labute approximate surface area is 123 Å². The molecule has 1 aliphatic carbocycles. The van der Waals surface area contributed by atoms with Gasteiger partial charge in [-0.25, -0.2) is 0 Å². The maximum absolute atomic E-state index is 6.33. The summed E-state index contributed by atoms with van der Waals surface area (Å²) in [6.07, 6.45) is 5.03. The molecule has 0 amide bonds. The summed E-state index contributed by atoms with van der Waals surface area (Å²) in [7, 11) is 3.86. The Morgan fingerprint density at radius 2 is 2.15 bits per heavy atom. The van der Waals surface area contributed by atoms with Crippen molar-refractivity contribution >= 4 is 5.69 Å². The van der Waals surface area contributed by atoms with Crippen molar-refractivity contribution in [2.45, 2.75) is 38.6 Å². The Morgan fingerprint density at radius 3 is 2.85 bits per heavy atom. The van der Waals surface area contributed by atoms with Crippen LogP contribution in [-0.4, -0.2) is 26.7 Å². The number of nitrogens with zero attached hydrogens (tertiary/aromatic N) is 1. The number of hydrogen-bond donors (Lipinski definition) is 1. The molecule has 0 spiro atoms. The van der Waals surface area contributed by atoms with Crippen molar-refractivity contribution in [3.05, 3.63) is 24.3 Å². The fourth-order valence-corrected chi connectivity index (χ4v) is 3.27. The van der Waals surface area contributed by atoms with Gasteiger partial charge in [0.1, 0.15) is 5.75 Å². The topological polar surface area (TPSA) is 38.5 Å². The first-order valence-corrected chi connectivity index (χ1v) is 7.74. The second-order valence-corrected chi connectivity index (χ2v) is 6.09. The van der Waals surface area contributed by atoms with E-state index in [4.69, 9.17) is 10.5 Å². The van der Waals surface area contributed by atoms with Gasteiger partial charge in [0.25, 0.3) is 0 Å². The fourth-order valence-electron chi connectivity index (χ4n) is 3.27. The molecule has 0 radical (unpaired) electrons. The molecule has 3 unspecified atom stereocenters. The average Bonchev–Trinajstić information content (AvgIpc) is 2.49. The lowest BCUT2D eigenvalue weighted by Crippen LogP contribution is -2.42. The Bertz CT molecular complexity index is 421. The molecular weight excluding hydrogens is 248 g/mol. The lowest BCUT2D eigenvalue weighted by atomic mass is 9.77. The van der Waals surface area contributed by atoms with Crippen LogP contribution in [0.5, 0.6) is 5.75 Å². The van der Waals surface area contributed by atoms with Crippen LogP contribution in [0.1, 0.15) is 32.6 Å². The van der Waals surface area contributed by atoms with Crippen LogP contribution in [0, 0.1) is 11.8 Å². The summed E-state index contributed by atoms with van der Waals surface area (Å²) in [6, 6.07) is 8.60. The van der Waals surface area contributed by atoms with Crippen molar-refractivity contribution in [1.29, 1.82) is 0 Å². The van der Waals surface area contributed by atoms with Gasteiger partial charge in [0, 0.05) is 31.4 Å². The molecule has 1 aromatic carbocycles. The van der Waals surface area contributed by atoms with Crippen LogP contribution in [0.15, 0.2) is 24.3 Å². The zero-order chi connectivity index (χ0) is 14.5. The van der Waals surface area contributed by atoms with Crippen molar-refractivity contribution in [3.8, 4) is 5.75 Å². The highest BCUT2D eigenvalue weighted by molar-refractivity contribution is 5.50. The Balaban J connectivity index is 2.00. The third-order valence-electron chi connectivity index (χ3n) is 4.73. The number of ether oxygens (including phenoxy) is 1. The summed E-state index contributed by atoms with van der Waals surface area (Å²) in [5, 5.41) is 0. The van der Waals surface area contributed by atoms with Crippen molar-refractivity contribution in [3.63, 3.8) is 0 Å². The number of anilines is 1.